The summed E-state index contributed by atoms with van der Waals surface area (Å²) in [5, 5.41) is 5.23. The molecule has 0 aliphatic rings. The molecular weight excluding hydrogens is 196 g/mol. The number of aryl methyl sites for hydroxylation is 1. The molecular formula is C10H12N2OS. The summed E-state index contributed by atoms with van der Waals surface area (Å²) in [4.78, 5) is 4.28. The lowest BCUT2D eigenvalue weighted by Gasteiger charge is -2.11. The van der Waals surface area contributed by atoms with Crippen LogP contribution in [0.25, 0.3) is 0 Å². The zero-order valence-electron chi connectivity index (χ0n) is 8.15. The summed E-state index contributed by atoms with van der Waals surface area (Å²) < 4.78 is 5.44. The van der Waals surface area contributed by atoms with Crippen LogP contribution in [0, 0.1) is 6.92 Å². The van der Waals surface area contributed by atoms with Crippen LogP contribution in [0.1, 0.15) is 23.1 Å². The van der Waals surface area contributed by atoms with E-state index in [0.717, 1.165) is 17.0 Å². The van der Waals surface area contributed by atoms with Gasteiger partial charge in [-0.3, -0.25) is 0 Å². The summed E-state index contributed by atoms with van der Waals surface area (Å²) in [5.74, 6) is 0.943. The van der Waals surface area contributed by atoms with Gasteiger partial charge >= 0.3 is 0 Å². The van der Waals surface area contributed by atoms with E-state index in [4.69, 9.17) is 4.42 Å². The van der Waals surface area contributed by atoms with E-state index in [0.29, 0.717) is 0 Å². The molecule has 0 aromatic carbocycles. The quantitative estimate of drug-likeness (QED) is 0.841. The van der Waals surface area contributed by atoms with Gasteiger partial charge in [0, 0.05) is 5.38 Å². The van der Waals surface area contributed by atoms with Crippen LogP contribution in [0.5, 0.6) is 0 Å². The first-order chi connectivity index (χ1) is 6.83. The van der Waals surface area contributed by atoms with Crippen LogP contribution in [-0.4, -0.2) is 12.0 Å². The van der Waals surface area contributed by atoms with Crippen LogP contribution in [0.15, 0.2) is 27.6 Å². The molecule has 2 heterocycles. The van der Waals surface area contributed by atoms with Gasteiger partial charge in [-0.2, -0.15) is 0 Å². The van der Waals surface area contributed by atoms with Gasteiger partial charge in [-0.05, 0) is 25.6 Å². The van der Waals surface area contributed by atoms with E-state index in [9.17, 15) is 0 Å². The average Bonchev–Trinajstić information content (AvgIpc) is 2.80. The third-order valence-corrected chi connectivity index (χ3v) is 2.80. The van der Waals surface area contributed by atoms with E-state index in [2.05, 4.69) is 10.3 Å². The summed E-state index contributed by atoms with van der Waals surface area (Å²) in [6, 6.07) is 2.03. The molecule has 0 saturated carbocycles. The van der Waals surface area contributed by atoms with Crippen molar-refractivity contribution in [2.24, 2.45) is 0 Å². The molecule has 0 saturated heterocycles. The third-order valence-electron chi connectivity index (χ3n) is 2.20. The molecule has 2 aromatic heterocycles. The Balaban J connectivity index is 2.36. The number of furan rings is 1. The Bertz CT molecular complexity index is 394. The Labute approximate surface area is 86.8 Å². The van der Waals surface area contributed by atoms with Gasteiger partial charge < -0.3 is 9.73 Å². The molecule has 0 fully saturated rings. The number of nitrogens with zero attached hydrogens (tertiary/aromatic N) is 1. The lowest BCUT2D eigenvalue weighted by atomic mass is 10.1. The summed E-state index contributed by atoms with van der Waals surface area (Å²) in [7, 11) is 1.91. The molecule has 1 N–H and O–H groups in total. The van der Waals surface area contributed by atoms with Gasteiger partial charge in [0.1, 0.15) is 11.8 Å². The molecule has 14 heavy (non-hydrogen) atoms. The van der Waals surface area contributed by atoms with E-state index < -0.39 is 0 Å². The second-order valence-electron chi connectivity index (χ2n) is 3.10. The zero-order chi connectivity index (χ0) is 9.97. The van der Waals surface area contributed by atoms with Gasteiger partial charge in [0.2, 0.25) is 0 Å². The van der Waals surface area contributed by atoms with Crippen molar-refractivity contribution in [3.63, 3.8) is 0 Å². The smallest absolute Gasteiger partial charge is 0.129 e. The van der Waals surface area contributed by atoms with Gasteiger partial charge in [0.05, 0.1) is 17.5 Å². The fourth-order valence-corrected chi connectivity index (χ4v) is 2.04. The van der Waals surface area contributed by atoms with Crippen LogP contribution >= 0.6 is 11.3 Å². The van der Waals surface area contributed by atoms with E-state index in [1.54, 1.807) is 17.6 Å². The maximum Gasteiger partial charge on any atom is 0.129 e. The van der Waals surface area contributed by atoms with E-state index in [1.807, 2.05) is 30.9 Å². The summed E-state index contributed by atoms with van der Waals surface area (Å²) >= 11 is 1.59. The second kappa shape index (κ2) is 3.94. The highest BCUT2D eigenvalue weighted by Crippen LogP contribution is 2.24. The average molecular weight is 208 g/mol. The number of rotatable bonds is 3. The zero-order valence-corrected chi connectivity index (χ0v) is 8.97. The highest BCUT2D eigenvalue weighted by atomic mass is 32.1. The van der Waals surface area contributed by atoms with Gasteiger partial charge in [0.15, 0.2) is 0 Å². The van der Waals surface area contributed by atoms with Crippen molar-refractivity contribution in [1.82, 2.24) is 10.3 Å². The third kappa shape index (κ3) is 1.58. The van der Waals surface area contributed by atoms with E-state index in [1.165, 1.54) is 0 Å². The molecule has 1 atom stereocenters. The van der Waals surface area contributed by atoms with Crippen molar-refractivity contribution < 1.29 is 4.42 Å². The molecule has 2 rings (SSSR count). The largest absolute Gasteiger partial charge is 0.467 e. The fraction of sp³-hybridized carbons (Fsp3) is 0.300. The lowest BCUT2D eigenvalue weighted by Crippen LogP contribution is -2.18. The highest BCUT2D eigenvalue weighted by Gasteiger charge is 2.18. The van der Waals surface area contributed by atoms with Crippen LogP contribution in [-0.2, 0) is 0 Å². The number of hydrogen-bond acceptors (Lipinski definition) is 4. The minimum Gasteiger partial charge on any atom is -0.467 e. The summed E-state index contributed by atoms with van der Waals surface area (Å²) in [5.41, 5.74) is 3.99. The molecule has 2 aromatic rings. The molecule has 0 aliphatic heterocycles. The van der Waals surface area contributed by atoms with Gasteiger partial charge in [-0.1, -0.05) is 0 Å². The minimum absolute atomic E-state index is 0.0660. The topological polar surface area (TPSA) is 38.1 Å². The molecule has 0 spiro atoms. The van der Waals surface area contributed by atoms with Crippen molar-refractivity contribution in [3.05, 3.63) is 40.2 Å². The molecule has 0 aliphatic carbocycles. The molecule has 0 radical (unpaired) electrons. The molecule has 4 heteroatoms. The number of aromatic nitrogens is 1. The number of thiazole rings is 1. The Hall–Kier alpha value is -1.13. The van der Waals surface area contributed by atoms with Crippen molar-refractivity contribution in [2.75, 3.05) is 7.05 Å². The van der Waals surface area contributed by atoms with Gasteiger partial charge in [-0.25, -0.2) is 4.98 Å². The molecule has 1 unspecified atom stereocenters. The Morgan fingerprint density at radius 3 is 2.93 bits per heavy atom. The first-order valence-corrected chi connectivity index (χ1v) is 5.36. The predicted molar refractivity (Wildman–Crippen MR) is 56.5 cm³/mol. The lowest BCUT2D eigenvalue weighted by molar-refractivity contribution is 0.457. The SMILES string of the molecule is CNC(c1cscn1)c1occc1C. The van der Waals surface area contributed by atoms with Gasteiger partial charge in [-0.15, -0.1) is 11.3 Å². The molecule has 74 valence electrons. The van der Waals surface area contributed by atoms with Crippen LogP contribution in [0.3, 0.4) is 0 Å². The molecule has 0 bridgehead atoms. The van der Waals surface area contributed by atoms with Crippen molar-refractivity contribution in [3.8, 4) is 0 Å². The Morgan fingerprint density at radius 1 is 1.57 bits per heavy atom. The van der Waals surface area contributed by atoms with Crippen LogP contribution < -0.4 is 5.32 Å². The normalized spacial score (nSPS) is 13.0. The Morgan fingerprint density at radius 2 is 2.43 bits per heavy atom. The van der Waals surface area contributed by atoms with Crippen molar-refractivity contribution in [2.45, 2.75) is 13.0 Å². The maximum absolute atomic E-state index is 5.44. The fourth-order valence-electron chi connectivity index (χ4n) is 1.46. The minimum atomic E-state index is 0.0660. The van der Waals surface area contributed by atoms with Crippen molar-refractivity contribution in [1.29, 1.82) is 0 Å². The van der Waals surface area contributed by atoms with E-state index >= 15 is 0 Å². The number of hydrogen-bond donors (Lipinski definition) is 1. The molecule has 0 amide bonds. The van der Waals surface area contributed by atoms with Gasteiger partial charge in [0.25, 0.3) is 0 Å². The monoisotopic (exact) mass is 208 g/mol. The summed E-state index contributed by atoms with van der Waals surface area (Å²) in [6.07, 6.45) is 1.71. The molecule has 3 nitrogen and oxygen atoms in total. The first kappa shape index (κ1) is 9.43. The first-order valence-electron chi connectivity index (χ1n) is 4.42. The standard InChI is InChI=1S/C10H12N2OS/c1-7-3-4-13-10(7)9(11-2)8-5-14-6-12-8/h3-6,9,11H,1-2H3. The van der Waals surface area contributed by atoms with Crippen LogP contribution in [0.4, 0.5) is 0 Å². The Kier molecular flexibility index (Phi) is 2.65. The highest BCUT2D eigenvalue weighted by molar-refractivity contribution is 7.07. The van der Waals surface area contributed by atoms with Crippen LogP contribution in [0.2, 0.25) is 0 Å². The predicted octanol–water partition coefficient (Wildman–Crippen LogP) is 2.35. The van der Waals surface area contributed by atoms with Crippen molar-refractivity contribution >= 4 is 11.3 Å². The number of nitrogens with one attached hydrogen (secondary N) is 1. The maximum atomic E-state index is 5.44. The second-order valence-corrected chi connectivity index (χ2v) is 3.82. The summed E-state index contributed by atoms with van der Waals surface area (Å²) in [6.45, 7) is 2.04. The van der Waals surface area contributed by atoms with E-state index in [-0.39, 0.29) is 6.04 Å².